The molecule has 0 aliphatic carbocycles. The maximum atomic E-state index is 11.6. The Kier molecular flexibility index (Phi) is 7.54. The third-order valence-electron chi connectivity index (χ3n) is 7.56. The van der Waals surface area contributed by atoms with Crippen molar-refractivity contribution in [2.24, 2.45) is 0 Å². The van der Waals surface area contributed by atoms with Crippen LogP contribution in [0.5, 0.6) is 11.5 Å². The lowest BCUT2D eigenvalue weighted by Gasteiger charge is -2.44. The van der Waals surface area contributed by atoms with Gasteiger partial charge in [-0.15, -0.1) is 0 Å². The second-order valence-corrected chi connectivity index (χ2v) is 9.92. The number of benzene rings is 2. The summed E-state index contributed by atoms with van der Waals surface area (Å²) in [7, 11) is 3.33. The molecular weight excluding hydrogens is 438 g/mol. The van der Waals surface area contributed by atoms with E-state index in [0.717, 1.165) is 50.0 Å². The summed E-state index contributed by atoms with van der Waals surface area (Å²) in [6, 6.07) is 10.7. The molecule has 33 heavy (non-hydrogen) atoms. The van der Waals surface area contributed by atoms with Crippen molar-refractivity contribution >= 4 is 11.6 Å². The summed E-state index contributed by atoms with van der Waals surface area (Å²) in [5.74, 6) is 1.58. The Hall–Kier alpha value is -1.79. The van der Waals surface area contributed by atoms with E-state index >= 15 is 0 Å². The van der Waals surface area contributed by atoms with Crippen molar-refractivity contribution in [2.45, 2.75) is 70.2 Å². The van der Waals surface area contributed by atoms with Crippen LogP contribution in [0.2, 0.25) is 5.02 Å². The Labute approximate surface area is 202 Å². The Morgan fingerprint density at radius 3 is 2.39 bits per heavy atom. The van der Waals surface area contributed by atoms with Crippen LogP contribution in [0.1, 0.15) is 54.4 Å². The van der Waals surface area contributed by atoms with Crippen molar-refractivity contribution in [3.05, 3.63) is 57.6 Å². The highest BCUT2D eigenvalue weighted by Gasteiger charge is 2.48. The maximum absolute atomic E-state index is 11.6. The van der Waals surface area contributed by atoms with Crippen LogP contribution in [0.25, 0.3) is 0 Å². The van der Waals surface area contributed by atoms with Gasteiger partial charge in [-0.25, -0.2) is 0 Å². The van der Waals surface area contributed by atoms with Crippen LogP contribution in [-0.4, -0.2) is 49.5 Å². The van der Waals surface area contributed by atoms with Crippen molar-refractivity contribution in [2.75, 3.05) is 27.4 Å². The summed E-state index contributed by atoms with van der Waals surface area (Å²) in [4.78, 5) is 2.60. The first-order valence-electron chi connectivity index (χ1n) is 11.9. The van der Waals surface area contributed by atoms with Crippen molar-refractivity contribution < 1.29 is 19.3 Å². The summed E-state index contributed by atoms with van der Waals surface area (Å²) >= 11 is 6.22. The first-order chi connectivity index (χ1) is 15.9. The number of ether oxygens (including phenoxy) is 3. The quantitative estimate of drug-likeness (QED) is 0.494. The van der Waals surface area contributed by atoms with E-state index < -0.39 is 5.60 Å². The van der Waals surface area contributed by atoms with E-state index in [1.807, 2.05) is 18.2 Å². The van der Waals surface area contributed by atoms with Crippen molar-refractivity contribution in [1.29, 1.82) is 0 Å². The first kappa shape index (κ1) is 24.3. The third-order valence-corrected chi connectivity index (χ3v) is 7.87. The van der Waals surface area contributed by atoms with Gasteiger partial charge in [0.05, 0.1) is 24.3 Å². The summed E-state index contributed by atoms with van der Waals surface area (Å²) in [5, 5.41) is 12.2. The highest BCUT2D eigenvalue weighted by atomic mass is 35.5. The lowest BCUT2D eigenvalue weighted by atomic mass is 9.80. The van der Waals surface area contributed by atoms with Crippen LogP contribution in [0, 0.1) is 13.8 Å². The molecule has 0 radical (unpaired) electrons. The van der Waals surface area contributed by atoms with Gasteiger partial charge in [-0.3, -0.25) is 4.90 Å². The van der Waals surface area contributed by atoms with E-state index in [4.69, 9.17) is 25.8 Å². The van der Waals surface area contributed by atoms with E-state index in [1.165, 1.54) is 16.7 Å². The van der Waals surface area contributed by atoms with Crippen molar-refractivity contribution in [1.82, 2.24) is 4.90 Å². The molecule has 2 saturated heterocycles. The first-order valence-corrected chi connectivity index (χ1v) is 12.3. The molecule has 2 unspecified atom stereocenters. The molecule has 2 atom stereocenters. The number of methoxy groups -OCH3 is 2. The summed E-state index contributed by atoms with van der Waals surface area (Å²) in [6.07, 6.45) is 4.59. The van der Waals surface area contributed by atoms with Gasteiger partial charge in [-0.2, -0.15) is 0 Å². The Bertz CT molecular complexity index is 965. The fourth-order valence-electron chi connectivity index (χ4n) is 5.52. The van der Waals surface area contributed by atoms with Gasteiger partial charge < -0.3 is 19.3 Å². The second kappa shape index (κ2) is 10.2. The zero-order chi connectivity index (χ0) is 23.6. The topological polar surface area (TPSA) is 51.2 Å². The standard InChI is InChI=1S/C27H36ClNO4/c1-18-19(2)25(33-13-5-12-31-3)11-6-20(18)17-29-22-8-9-23(29)16-27(30,15-22)21-7-10-24(28)26(14-21)32-4/h6-7,10-11,14,22-23,30H,5,8-9,12-13,15-17H2,1-4H3. The zero-order valence-electron chi connectivity index (χ0n) is 20.2. The highest BCUT2D eigenvalue weighted by Crippen LogP contribution is 2.47. The van der Waals surface area contributed by atoms with Gasteiger partial charge >= 0.3 is 0 Å². The average molecular weight is 474 g/mol. The number of piperidine rings is 1. The van der Waals surface area contributed by atoms with Gasteiger partial charge in [0.2, 0.25) is 0 Å². The molecule has 2 aliphatic rings. The van der Waals surface area contributed by atoms with Crippen LogP contribution in [0.3, 0.4) is 0 Å². The molecule has 0 spiro atoms. The molecule has 0 amide bonds. The number of aliphatic hydroxyl groups is 1. The summed E-state index contributed by atoms with van der Waals surface area (Å²) in [5.41, 5.74) is 3.90. The fraction of sp³-hybridized carbons (Fsp3) is 0.556. The molecule has 5 nitrogen and oxygen atoms in total. The smallest absolute Gasteiger partial charge is 0.137 e. The van der Waals surface area contributed by atoms with Gasteiger partial charge in [0.15, 0.2) is 0 Å². The van der Waals surface area contributed by atoms with E-state index in [9.17, 15) is 5.11 Å². The number of hydrogen-bond acceptors (Lipinski definition) is 5. The molecule has 2 aromatic carbocycles. The maximum Gasteiger partial charge on any atom is 0.137 e. The Morgan fingerprint density at radius 1 is 1.00 bits per heavy atom. The average Bonchev–Trinajstić information content (AvgIpc) is 3.05. The molecule has 0 aromatic heterocycles. The molecule has 1 N–H and O–H groups in total. The predicted octanol–water partition coefficient (Wildman–Crippen LogP) is 5.40. The lowest BCUT2D eigenvalue weighted by Crippen LogP contribution is -2.49. The molecule has 2 bridgehead atoms. The number of fused-ring (bicyclic) bond motifs is 2. The number of rotatable bonds is 9. The second-order valence-electron chi connectivity index (χ2n) is 9.51. The van der Waals surface area contributed by atoms with Gasteiger partial charge in [-0.1, -0.05) is 23.7 Å². The molecular formula is C27H36ClNO4. The fourth-order valence-corrected chi connectivity index (χ4v) is 5.72. The normalized spacial score (nSPS) is 24.8. The molecule has 4 rings (SSSR count). The number of nitrogens with zero attached hydrogens (tertiary/aromatic N) is 1. The Morgan fingerprint density at radius 2 is 1.73 bits per heavy atom. The van der Waals surface area contributed by atoms with E-state index in [1.54, 1.807) is 14.2 Å². The van der Waals surface area contributed by atoms with E-state index in [0.29, 0.717) is 36.1 Å². The molecule has 2 fully saturated rings. The SMILES string of the molecule is COCCCOc1ccc(CN2C3CCC2CC(O)(c2ccc(Cl)c(OC)c2)C3)c(C)c1C. The third kappa shape index (κ3) is 5.02. The zero-order valence-corrected chi connectivity index (χ0v) is 21.0. The van der Waals surface area contributed by atoms with Crippen molar-refractivity contribution in [3.63, 3.8) is 0 Å². The number of hydrogen-bond donors (Lipinski definition) is 1. The van der Waals surface area contributed by atoms with E-state index in [-0.39, 0.29) is 0 Å². The highest BCUT2D eigenvalue weighted by molar-refractivity contribution is 6.32. The molecule has 2 aromatic rings. The minimum absolute atomic E-state index is 0.361. The minimum Gasteiger partial charge on any atom is -0.495 e. The van der Waals surface area contributed by atoms with E-state index in [2.05, 4.69) is 30.9 Å². The van der Waals surface area contributed by atoms with Gasteiger partial charge in [0.1, 0.15) is 11.5 Å². The molecule has 6 heteroatoms. The lowest BCUT2D eigenvalue weighted by molar-refractivity contribution is -0.0596. The summed E-state index contributed by atoms with van der Waals surface area (Å²) < 4.78 is 16.5. The van der Waals surface area contributed by atoms with Crippen LogP contribution < -0.4 is 9.47 Å². The van der Waals surface area contributed by atoms with Crippen LogP contribution in [0.15, 0.2) is 30.3 Å². The minimum atomic E-state index is -0.842. The molecule has 180 valence electrons. The van der Waals surface area contributed by atoms with Crippen LogP contribution >= 0.6 is 11.6 Å². The Balaban J connectivity index is 1.47. The van der Waals surface area contributed by atoms with Crippen LogP contribution in [-0.2, 0) is 16.9 Å². The molecule has 0 saturated carbocycles. The number of halogens is 1. The van der Waals surface area contributed by atoms with Crippen molar-refractivity contribution in [3.8, 4) is 11.5 Å². The van der Waals surface area contributed by atoms with Gasteiger partial charge in [0.25, 0.3) is 0 Å². The summed E-state index contributed by atoms with van der Waals surface area (Å²) in [6.45, 7) is 6.61. The van der Waals surface area contributed by atoms with Crippen LogP contribution in [0.4, 0.5) is 0 Å². The molecule has 2 heterocycles. The monoisotopic (exact) mass is 473 g/mol. The largest absolute Gasteiger partial charge is 0.495 e. The predicted molar refractivity (Wildman–Crippen MR) is 131 cm³/mol. The van der Waals surface area contributed by atoms with Gasteiger partial charge in [-0.05, 0) is 80.0 Å². The molecule has 2 aliphatic heterocycles. The van der Waals surface area contributed by atoms with Gasteiger partial charge in [0, 0.05) is 38.8 Å².